The van der Waals surface area contributed by atoms with Crippen LogP contribution in [-0.2, 0) is 21.2 Å². The summed E-state index contributed by atoms with van der Waals surface area (Å²) in [5.41, 5.74) is -1.75. The number of amides is 1. The van der Waals surface area contributed by atoms with Gasteiger partial charge in [-0.25, -0.2) is 26.7 Å². The van der Waals surface area contributed by atoms with E-state index in [-0.39, 0.29) is 23.0 Å². The van der Waals surface area contributed by atoms with E-state index in [1.54, 1.807) is 20.8 Å². The summed E-state index contributed by atoms with van der Waals surface area (Å²) >= 11 is 2.92. The molecule has 1 amide bonds. The van der Waals surface area contributed by atoms with Crippen LogP contribution in [0.3, 0.4) is 0 Å². The summed E-state index contributed by atoms with van der Waals surface area (Å²) in [5.74, 6) is -5.19. The summed E-state index contributed by atoms with van der Waals surface area (Å²) in [6.07, 6.45) is -0.0821. The largest absolute Gasteiger partial charge is 0.444 e. The number of carbonyl (C=O) groups is 1. The predicted molar refractivity (Wildman–Crippen MR) is 108 cm³/mol. The van der Waals surface area contributed by atoms with Crippen LogP contribution in [0.4, 0.5) is 22.4 Å². The molecular weight excluding hydrogens is 508 g/mol. The molecule has 1 spiro atoms. The van der Waals surface area contributed by atoms with Crippen molar-refractivity contribution in [2.24, 2.45) is 5.41 Å². The first kappa shape index (κ1) is 24.2. The van der Waals surface area contributed by atoms with Crippen molar-refractivity contribution >= 4 is 32.0 Å². The highest BCUT2D eigenvalue weighted by molar-refractivity contribution is 9.10. The molecule has 1 N–H and O–H groups in total. The van der Waals surface area contributed by atoms with Crippen LogP contribution in [0.1, 0.15) is 39.2 Å². The molecule has 0 unspecified atom stereocenters. The zero-order valence-electron chi connectivity index (χ0n) is 17.1. The normalized spacial score (nSPS) is 22.9. The monoisotopic (exact) mass is 530 g/mol. The second-order valence-electron chi connectivity index (χ2n) is 9.00. The number of hydrogen-bond donors (Lipinski definition) is 1. The molecule has 3 rings (SSSR count). The maximum atomic E-state index is 14.6. The van der Waals surface area contributed by atoms with Crippen LogP contribution in [0, 0.1) is 17.0 Å². The van der Waals surface area contributed by atoms with E-state index in [1.807, 2.05) is 4.72 Å². The second kappa shape index (κ2) is 8.18. The zero-order chi connectivity index (χ0) is 23.4. The maximum Gasteiger partial charge on any atom is 0.410 e. The molecule has 12 heteroatoms. The standard InChI is InChI=1S/C19H23BrF4N2O4S/c1-18(2,3)30-17(27)26-9-19(4-5-19)15(25-31(28,29)16(23)24)13(26)7-10-6-11(21)8-12(20)14(10)22/h6,8,13,15-16,25H,4-5,7,9H2,1-3H3/t13-,15+/m0/s1. The van der Waals surface area contributed by atoms with Crippen LogP contribution in [0.15, 0.2) is 16.6 Å². The van der Waals surface area contributed by atoms with Crippen LogP contribution in [0.5, 0.6) is 0 Å². The molecule has 2 atom stereocenters. The summed E-state index contributed by atoms with van der Waals surface area (Å²) in [6, 6.07) is -0.280. The number of sulfonamides is 1. The second-order valence-corrected chi connectivity index (χ2v) is 11.5. The number of alkyl halides is 2. The van der Waals surface area contributed by atoms with E-state index in [9.17, 15) is 30.8 Å². The molecule has 2 aliphatic rings. The Hall–Kier alpha value is -1.40. The van der Waals surface area contributed by atoms with Gasteiger partial charge in [-0.05, 0) is 73.7 Å². The van der Waals surface area contributed by atoms with Gasteiger partial charge in [0.15, 0.2) is 0 Å². The van der Waals surface area contributed by atoms with Crippen molar-refractivity contribution in [1.29, 1.82) is 0 Å². The first-order chi connectivity index (χ1) is 14.2. The third-order valence-corrected chi connectivity index (χ3v) is 7.10. The zero-order valence-corrected chi connectivity index (χ0v) is 19.5. The fourth-order valence-corrected chi connectivity index (χ4v) is 5.27. The minimum atomic E-state index is -4.99. The Kier molecular flexibility index (Phi) is 6.40. The lowest BCUT2D eigenvalue weighted by molar-refractivity contribution is 0.0213. The number of nitrogens with zero attached hydrogens (tertiary/aromatic N) is 1. The molecule has 1 aromatic carbocycles. The van der Waals surface area contributed by atoms with Gasteiger partial charge in [0.1, 0.15) is 17.2 Å². The summed E-state index contributed by atoms with van der Waals surface area (Å²) in [7, 11) is -4.99. The predicted octanol–water partition coefficient (Wildman–Crippen LogP) is 4.18. The van der Waals surface area contributed by atoms with Gasteiger partial charge >= 0.3 is 11.9 Å². The number of benzene rings is 1. The number of halogens is 5. The van der Waals surface area contributed by atoms with Gasteiger partial charge < -0.3 is 9.64 Å². The van der Waals surface area contributed by atoms with E-state index < -0.39 is 56.6 Å². The third kappa shape index (κ3) is 5.16. The fraction of sp³-hybridized carbons (Fsp3) is 0.632. The van der Waals surface area contributed by atoms with Crippen molar-refractivity contribution < 1.29 is 35.5 Å². The van der Waals surface area contributed by atoms with E-state index in [4.69, 9.17) is 4.74 Å². The Labute approximate surface area is 186 Å². The van der Waals surface area contributed by atoms with Gasteiger partial charge in [0.05, 0.1) is 16.6 Å². The Balaban J connectivity index is 2.01. The highest BCUT2D eigenvalue weighted by Gasteiger charge is 2.62. The molecule has 1 aliphatic heterocycles. The number of rotatable bonds is 5. The van der Waals surface area contributed by atoms with Gasteiger partial charge in [-0.2, -0.15) is 8.78 Å². The summed E-state index contributed by atoms with van der Waals surface area (Å²) in [4.78, 5) is 14.1. The minimum Gasteiger partial charge on any atom is -0.444 e. The number of nitrogens with one attached hydrogen (secondary N) is 1. The number of hydrogen-bond acceptors (Lipinski definition) is 4. The smallest absolute Gasteiger partial charge is 0.410 e. The van der Waals surface area contributed by atoms with Gasteiger partial charge in [-0.15, -0.1) is 0 Å². The van der Waals surface area contributed by atoms with Crippen molar-refractivity contribution in [2.75, 3.05) is 6.54 Å². The average molecular weight is 531 g/mol. The molecule has 0 bridgehead atoms. The maximum absolute atomic E-state index is 14.6. The highest BCUT2D eigenvalue weighted by Crippen LogP contribution is 2.56. The van der Waals surface area contributed by atoms with Gasteiger partial charge in [0.25, 0.3) is 10.0 Å². The van der Waals surface area contributed by atoms with Gasteiger partial charge in [-0.3, -0.25) is 0 Å². The van der Waals surface area contributed by atoms with Gasteiger partial charge in [-0.1, -0.05) is 0 Å². The quantitative estimate of drug-likeness (QED) is 0.457. The topological polar surface area (TPSA) is 75.7 Å². The van der Waals surface area contributed by atoms with Crippen LogP contribution in [0.25, 0.3) is 0 Å². The average Bonchev–Trinajstić information content (AvgIpc) is 3.33. The Morgan fingerprint density at radius 2 is 1.94 bits per heavy atom. The van der Waals surface area contributed by atoms with Crippen molar-refractivity contribution in [1.82, 2.24) is 9.62 Å². The lowest BCUT2D eigenvalue weighted by Crippen LogP contribution is -2.51. The van der Waals surface area contributed by atoms with Crippen molar-refractivity contribution in [3.63, 3.8) is 0 Å². The Morgan fingerprint density at radius 1 is 1.32 bits per heavy atom. The molecule has 1 heterocycles. The van der Waals surface area contributed by atoms with Crippen LogP contribution < -0.4 is 4.72 Å². The SMILES string of the molecule is CC(C)(C)OC(=O)N1CC2(CC2)[C@H](NS(=O)(=O)C(F)F)[C@@H]1Cc1cc(F)cc(Br)c1F. The number of carbonyl (C=O) groups excluding carboxylic acids is 1. The molecule has 6 nitrogen and oxygen atoms in total. The lowest BCUT2D eigenvalue weighted by Gasteiger charge is -2.31. The van der Waals surface area contributed by atoms with Crippen LogP contribution >= 0.6 is 15.9 Å². The molecule has 1 saturated heterocycles. The molecule has 0 radical (unpaired) electrons. The third-order valence-electron chi connectivity index (χ3n) is 5.47. The minimum absolute atomic E-state index is 0.0567. The van der Waals surface area contributed by atoms with E-state index in [0.717, 1.165) is 12.1 Å². The molecule has 2 fully saturated rings. The van der Waals surface area contributed by atoms with Crippen LogP contribution in [-0.4, -0.2) is 49.4 Å². The van der Waals surface area contributed by atoms with Crippen molar-refractivity contribution in [3.05, 3.63) is 33.8 Å². The summed E-state index contributed by atoms with van der Waals surface area (Å²) < 4.78 is 85.8. The van der Waals surface area contributed by atoms with E-state index in [1.165, 1.54) is 4.90 Å². The molecular formula is C19H23BrF4N2O4S. The van der Waals surface area contributed by atoms with E-state index >= 15 is 0 Å². The summed E-state index contributed by atoms with van der Waals surface area (Å²) in [6.45, 7) is 4.98. The first-order valence-electron chi connectivity index (χ1n) is 9.57. The van der Waals surface area contributed by atoms with Gasteiger partial charge in [0, 0.05) is 12.0 Å². The molecule has 1 aliphatic carbocycles. The number of ether oxygens (including phenoxy) is 1. The molecule has 0 aromatic heterocycles. The van der Waals surface area contributed by atoms with Gasteiger partial charge in [0.2, 0.25) is 0 Å². The first-order valence-corrected chi connectivity index (χ1v) is 11.9. The Morgan fingerprint density at radius 3 is 2.45 bits per heavy atom. The lowest BCUT2D eigenvalue weighted by atomic mass is 9.92. The fourth-order valence-electron chi connectivity index (χ4n) is 3.94. The molecule has 174 valence electrons. The van der Waals surface area contributed by atoms with Crippen molar-refractivity contribution in [3.8, 4) is 0 Å². The highest BCUT2D eigenvalue weighted by atomic mass is 79.9. The van der Waals surface area contributed by atoms with Crippen molar-refractivity contribution in [2.45, 2.75) is 63.5 Å². The van der Waals surface area contributed by atoms with E-state index in [2.05, 4.69) is 15.9 Å². The Bertz CT molecular complexity index is 980. The molecule has 1 aromatic rings. The number of likely N-dealkylation sites (tertiary alicyclic amines) is 1. The molecule has 31 heavy (non-hydrogen) atoms. The van der Waals surface area contributed by atoms with E-state index in [0.29, 0.717) is 12.8 Å². The summed E-state index contributed by atoms with van der Waals surface area (Å²) in [5, 5.41) is 0. The van der Waals surface area contributed by atoms with Crippen LogP contribution in [0.2, 0.25) is 0 Å². The molecule has 1 saturated carbocycles.